The van der Waals surface area contributed by atoms with Gasteiger partial charge in [-0.05, 0) is 41.6 Å². The van der Waals surface area contributed by atoms with Crippen LogP contribution in [-0.2, 0) is 4.79 Å². The number of carboxylic acids is 1. The largest absolute Gasteiger partial charge is 0.481 e. The molecule has 1 aromatic rings. The first kappa shape index (κ1) is 11.3. The zero-order chi connectivity index (χ0) is 10.6. The molecule has 76 valence electrons. The number of carboxylic acid groups (broad SMARTS) is 1. The Bertz CT molecular complexity index is 328. The topological polar surface area (TPSA) is 49.3 Å². The van der Waals surface area contributed by atoms with Crippen molar-refractivity contribution >= 4 is 34.2 Å². The van der Waals surface area contributed by atoms with E-state index < -0.39 is 5.97 Å². The molecule has 0 bridgehead atoms. The Labute approximate surface area is 96.7 Å². The van der Waals surface area contributed by atoms with Gasteiger partial charge in [0.05, 0.1) is 6.42 Å². The monoisotopic (exact) mass is 305 g/mol. The molecule has 0 aliphatic heterocycles. The minimum atomic E-state index is -0.782. The molecule has 1 atom stereocenters. The fourth-order valence-corrected chi connectivity index (χ4v) is 1.70. The molecule has 0 aromatic heterocycles. The molecule has 0 radical (unpaired) electrons. The zero-order valence-electron chi connectivity index (χ0n) is 7.83. The summed E-state index contributed by atoms with van der Waals surface area (Å²) >= 11 is 2.22. The van der Waals surface area contributed by atoms with E-state index in [2.05, 4.69) is 27.9 Å². The van der Waals surface area contributed by atoms with Crippen molar-refractivity contribution in [2.24, 2.45) is 0 Å². The molecule has 0 spiro atoms. The van der Waals surface area contributed by atoms with Crippen LogP contribution in [0.25, 0.3) is 0 Å². The second-order valence-electron chi connectivity index (χ2n) is 3.12. The van der Waals surface area contributed by atoms with E-state index in [1.807, 2.05) is 31.2 Å². The summed E-state index contributed by atoms with van der Waals surface area (Å²) in [6.07, 6.45) is 0.130. The Morgan fingerprint density at radius 1 is 1.57 bits per heavy atom. The van der Waals surface area contributed by atoms with Gasteiger partial charge in [-0.3, -0.25) is 4.79 Å². The summed E-state index contributed by atoms with van der Waals surface area (Å²) in [6, 6.07) is 7.76. The van der Waals surface area contributed by atoms with Crippen LogP contribution in [0.4, 0.5) is 5.69 Å². The van der Waals surface area contributed by atoms with Crippen molar-refractivity contribution in [3.63, 3.8) is 0 Å². The first-order valence-electron chi connectivity index (χ1n) is 4.32. The number of para-hydroxylation sites is 1. The minimum Gasteiger partial charge on any atom is -0.481 e. The van der Waals surface area contributed by atoms with E-state index in [-0.39, 0.29) is 12.5 Å². The van der Waals surface area contributed by atoms with E-state index in [1.165, 1.54) is 0 Å². The molecule has 0 saturated carbocycles. The molecule has 0 amide bonds. The Kier molecular flexibility index (Phi) is 4.19. The van der Waals surface area contributed by atoms with E-state index in [0.717, 1.165) is 9.26 Å². The van der Waals surface area contributed by atoms with Crippen LogP contribution in [0.5, 0.6) is 0 Å². The molecule has 1 unspecified atom stereocenters. The number of nitrogens with one attached hydrogen (secondary N) is 1. The Hall–Kier alpha value is -0.780. The molecule has 0 fully saturated rings. The van der Waals surface area contributed by atoms with Crippen molar-refractivity contribution in [1.29, 1.82) is 0 Å². The van der Waals surface area contributed by atoms with Gasteiger partial charge in [0, 0.05) is 15.3 Å². The molecule has 0 heterocycles. The van der Waals surface area contributed by atoms with Crippen molar-refractivity contribution < 1.29 is 9.90 Å². The van der Waals surface area contributed by atoms with Crippen LogP contribution < -0.4 is 5.32 Å². The molecule has 14 heavy (non-hydrogen) atoms. The van der Waals surface area contributed by atoms with Gasteiger partial charge in [-0.15, -0.1) is 0 Å². The van der Waals surface area contributed by atoms with Crippen LogP contribution in [0.15, 0.2) is 24.3 Å². The summed E-state index contributed by atoms with van der Waals surface area (Å²) in [5, 5.41) is 11.7. The van der Waals surface area contributed by atoms with E-state index >= 15 is 0 Å². The summed E-state index contributed by atoms with van der Waals surface area (Å²) in [5.41, 5.74) is 0.988. The molecule has 0 aliphatic carbocycles. The van der Waals surface area contributed by atoms with Gasteiger partial charge in [0.15, 0.2) is 0 Å². The summed E-state index contributed by atoms with van der Waals surface area (Å²) in [6.45, 7) is 1.86. The van der Waals surface area contributed by atoms with Gasteiger partial charge in [0.2, 0.25) is 0 Å². The summed E-state index contributed by atoms with van der Waals surface area (Å²) in [4.78, 5) is 10.4. The maximum absolute atomic E-state index is 10.4. The van der Waals surface area contributed by atoms with Crippen LogP contribution in [0, 0.1) is 3.57 Å². The lowest BCUT2D eigenvalue weighted by atomic mass is 10.2. The lowest BCUT2D eigenvalue weighted by Gasteiger charge is -2.14. The molecule has 1 aromatic carbocycles. The highest BCUT2D eigenvalue weighted by Gasteiger charge is 2.08. The van der Waals surface area contributed by atoms with Gasteiger partial charge < -0.3 is 10.4 Å². The van der Waals surface area contributed by atoms with Crippen molar-refractivity contribution in [3.05, 3.63) is 27.8 Å². The molecule has 0 saturated heterocycles. The molecule has 2 N–H and O–H groups in total. The maximum Gasteiger partial charge on any atom is 0.305 e. The van der Waals surface area contributed by atoms with Gasteiger partial charge in [-0.1, -0.05) is 12.1 Å². The molecule has 4 heteroatoms. The standard InChI is InChI=1S/C10H12INO2/c1-7(6-10(13)14)12-9-5-3-2-4-8(9)11/h2-5,7,12H,6H2,1H3,(H,13,14). The number of halogens is 1. The van der Waals surface area contributed by atoms with Crippen molar-refractivity contribution in [2.75, 3.05) is 5.32 Å². The average molecular weight is 305 g/mol. The third-order valence-corrected chi connectivity index (χ3v) is 2.70. The third-order valence-electron chi connectivity index (χ3n) is 1.76. The van der Waals surface area contributed by atoms with Crippen LogP contribution in [0.2, 0.25) is 0 Å². The van der Waals surface area contributed by atoms with E-state index in [4.69, 9.17) is 5.11 Å². The van der Waals surface area contributed by atoms with Gasteiger partial charge in [0.25, 0.3) is 0 Å². The maximum atomic E-state index is 10.4. The van der Waals surface area contributed by atoms with E-state index in [0.29, 0.717) is 0 Å². The van der Waals surface area contributed by atoms with E-state index in [1.54, 1.807) is 0 Å². The molecule has 0 aliphatic rings. The first-order chi connectivity index (χ1) is 6.59. The predicted octanol–water partition coefficient (Wildman–Crippen LogP) is 2.57. The average Bonchev–Trinajstić information content (AvgIpc) is 2.07. The highest BCUT2D eigenvalue weighted by atomic mass is 127. The fraction of sp³-hybridized carbons (Fsp3) is 0.300. The number of benzene rings is 1. The smallest absolute Gasteiger partial charge is 0.305 e. The lowest BCUT2D eigenvalue weighted by molar-refractivity contribution is -0.137. The number of anilines is 1. The number of hydrogen-bond acceptors (Lipinski definition) is 2. The van der Waals surface area contributed by atoms with Gasteiger partial charge in [-0.2, -0.15) is 0 Å². The van der Waals surface area contributed by atoms with Crippen molar-refractivity contribution in [1.82, 2.24) is 0 Å². The van der Waals surface area contributed by atoms with Crippen LogP contribution >= 0.6 is 22.6 Å². The highest BCUT2D eigenvalue weighted by molar-refractivity contribution is 14.1. The molecule has 3 nitrogen and oxygen atoms in total. The highest BCUT2D eigenvalue weighted by Crippen LogP contribution is 2.18. The Morgan fingerprint density at radius 3 is 2.79 bits per heavy atom. The number of hydrogen-bond donors (Lipinski definition) is 2. The van der Waals surface area contributed by atoms with Gasteiger partial charge >= 0.3 is 5.97 Å². The quantitative estimate of drug-likeness (QED) is 0.841. The van der Waals surface area contributed by atoms with Crippen molar-refractivity contribution in [3.8, 4) is 0 Å². The summed E-state index contributed by atoms with van der Waals surface area (Å²) in [5.74, 6) is -0.782. The fourth-order valence-electron chi connectivity index (χ4n) is 1.16. The van der Waals surface area contributed by atoms with Crippen LogP contribution in [0.1, 0.15) is 13.3 Å². The van der Waals surface area contributed by atoms with Gasteiger partial charge in [-0.25, -0.2) is 0 Å². The van der Waals surface area contributed by atoms with Crippen LogP contribution in [0.3, 0.4) is 0 Å². The summed E-state index contributed by atoms with van der Waals surface area (Å²) < 4.78 is 1.10. The normalized spacial score (nSPS) is 12.1. The second kappa shape index (κ2) is 5.19. The minimum absolute atomic E-state index is 0.0524. The van der Waals surface area contributed by atoms with E-state index in [9.17, 15) is 4.79 Å². The number of carbonyl (C=O) groups is 1. The predicted molar refractivity (Wildman–Crippen MR) is 64.5 cm³/mol. The SMILES string of the molecule is CC(CC(=O)O)Nc1ccccc1I. The lowest BCUT2D eigenvalue weighted by Crippen LogP contribution is -2.19. The third kappa shape index (κ3) is 3.53. The van der Waals surface area contributed by atoms with Crippen LogP contribution in [-0.4, -0.2) is 17.1 Å². The molecule has 1 rings (SSSR count). The first-order valence-corrected chi connectivity index (χ1v) is 5.40. The molecular formula is C10H12INO2. The Morgan fingerprint density at radius 2 is 2.21 bits per heavy atom. The second-order valence-corrected chi connectivity index (χ2v) is 4.29. The summed E-state index contributed by atoms with van der Waals surface area (Å²) in [7, 11) is 0. The number of aliphatic carboxylic acids is 1. The zero-order valence-corrected chi connectivity index (χ0v) is 9.98. The molecular weight excluding hydrogens is 293 g/mol. The Balaban J connectivity index is 2.60. The van der Waals surface area contributed by atoms with Crippen molar-refractivity contribution in [2.45, 2.75) is 19.4 Å². The van der Waals surface area contributed by atoms with Gasteiger partial charge in [0.1, 0.15) is 0 Å². The number of rotatable bonds is 4.